The van der Waals surface area contributed by atoms with E-state index in [1.165, 1.54) is 0 Å². The average molecular weight is 506 g/mol. The molecule has 10 nitrogen and oxygen atoms in total. The van der Waals surface area contributed by atoms with E-state index in [-0.39, 0.29) is 23.0 Å². The van der Waals surface area contributed by atoms with Gasteiger partial charge in [0.15, 0.2) is 6.61 Å². The number of carbonyl (C=O) groups excluding carboxylic acids is 3. The van der Waals surface area contributed by atoms with Gasteiger partial charge in [-0.15, -0.1) is 0 Å². The highest BCUT2D eigenvalue weighted by molar-refractivity contribution is 6.34. The summed E-state index contributed by atoms with van der Waals surface area (Å²) in [4.78, 5) is 41.1. The number of ether oxygens (including phenoxy) is 2. The van der Waals surface area contributed by atoms with Gasteiger partial charge in [-0.05, 0) is 39.8 Å². The molecule has 2 N–H and O–H groups in total. The number of anilines is 1. The molecule has 3 rings (SSSR count). The summed E-state index contributed by atoms with van der Waals surface area (Å²) in [6.45, 7) is 10.4. The molecule has 2 heterocycles. The smallest absolute Gasteiger partial charge is 0.410 e. The lowest BCUT2D eigenvalue weighted by Gasteiger charge is -2.35. The van der Waals surface area contributed by atoms with Crippen LogP contribution in [0.2, 0.25) is 5.02 Å². The number of nitrogen functional groups attached to an aromatic ring is 1. The van der Waals surface area contributed by atoms with Crippen molar-refractivity contribution in [2.24, 2.45) is 0 Å². The van der Waals surface area contributed by atoms with E-state index >= 15 is 0 Å². The number of benzene rings is 1. The molecule has 2 aromatic rings. The zero-order chi connectivity index (χ0) is 25.8. The maximum Gasteiger partial charge on any atom is 0.410 e. The molecule has 190 valence electrons. The fourth-order valence-corrected chi connectivity index (χ4v) is 3.95. The Morgan fingerprint density at radius 3 is 2.37 bits per heavy atom. The minimum absolute atomic E-state index is 0.145. The van der Waals surface area contributed by atoms with Crippen LogP contribution >= 0.6 is 11.6 Å². The SMILES string of the molecule is Cc1nn(CCN2CCN(C(=O)OC(C)(C)C)CC2)c(N)c1C(=O)OCC(=O)c1ccccc1Cl. The van der Waals surface area contributed by atoms with E-state index in [4.69, 9.17) is 26.8 Å². The number of carbonyl (C=O) groups is 3. The second-order valence-electron chi connectivity index (χ2n) is 9.36. The maximum atomic E-state index is 12.6. The number of piperazine rings is 1. The van der Waals surface area contributed by atoms with Crippen molar-refractivity contribution in [3.8, 4) is 0 Å². The molecule has 0 bridgehead atoms. The highest BCUT2D eigenvalue weighted by Crippen LogP contribution is 2.20. The van der Waals surface area contributed by atoms with E-state index in [2.05, 4.69) is 10.00 Å². The summed E-state index contributed by atoms with van der Waals surface area (Å²) in [5.74, 6) is -0.930. The number of hydrogen-bond donors (Lipinski definition) is 1. The highest BCUT2D eigenvalue weighted by atomic mass is 35.5. The Morgan fingerprint density at radius 2 is 1.74 bits per heavy atom. The van der Waals surface area contributed by atoms with Crippen molar-refractivity contribution in [2.45, 2.75) is 39.8 Å². The van der Waals surface area contributed by atoms with Crippen LogP contribution in [-0.2, 0) is 16.0 Å². The van der Waals surface area contributed by atoms with Gasteiger partial charge in [-0.25, -0.2) is 14.3 Å². The van der Waals surface area contributed by atoms with E-state index in [1.54, 1.807) is 40.8 Å². The van der Waals surface area contributed by atoms with E-state index in [0.717, 1.165) is 0 Å². The Labute approximate surface area is 209 Å². The Kier molecular flexibility index (Phi) is 8.39. The highest BCUT2D eigenvalue weighted by Gasteiger charge is 2.27. The molecule has 0 aliphatic carbocycles. The van der Waals surface area contributed by atoms with Crippen molar-refractivity contribution in [2.75, 3.05) is 45.1 Å². The van der Waals surface area contributed by atoms with Crippen LogP contribution in [0.1, 0.15) is 47.2 Å². The number of aromatic nitrogens is 2. The van der Waals surface area contributed by atoms with Crippen molar-refractivity contribution < 1.29 is 23.9 Å². The maximum absolute atomic E-state index is 12.6. The van der Waals surface area contributed by atoms with Crippen molar-refractivity contribution >= 4 is 35.3 Å². The molecule has 35 heavy (non-hydrogen) atoms. The third-order valence-electron chi connectivity index (χ3n) is 5.53. The molecule has 1 aliphatic heterocycles. The zero-order valence-electron chi connectivity index (χ0n) is 20.5. The van der Waals surface area contributed by atoms with Crippen LogP contribution < -0.4 is 5.73 Å². The van der Waals surface area contributed by atoms with Crippen molar-refractivity contribution in [3.05, 3.63) is 46.1 Å². The summed E-state index contributed by atoms with van der Waals surface area (Å²) in [5, 5.41) is 4.67. The van der Waals surface area contributed by atoms with Gasteiger partial charge in [0.05, 0.1) is 17.3 Å². The number of rotatable bonds is 7. The lowest BCUT2D eigenvalue weighted by atomic mass is 10.1. The second kappa shape index (κ2) is 11.1. The van der Waals surface area contributed by atoms with Crippen molar-refractivity contribution in [3.63, 3.8) is 0 Å². The molecular formula is C24H32ClN5O5. The van der Waals surface area contributed by atoms with E-state index in [0.29, 0.717) is 50.0 Å². The van der Waals surface area contributed by atoms with Crippen molar-refractivity contribution in [1.29, 1.82) is 0 Å². The summed E-state index contributed by atoms with van der Waals surface area (Å²) in [7, 11) is 0. The third kappa shape index (κ3) is 6.95. The molecule has 1 amide bonds. The number of aryl methyl sites for hydroxylation is 1. The molecule has 0 atom stereocenters. The van der Waals surface area contributed by atoms with Crippen LogP contribution in [0.3, 0.4) is 0 Å². The number of hydrogen-bond acceptors (Lipinski definition) is 8. The van der Waals surface area contributed by atoms with Crippen LogP contribution in [0.25, 0.3) is 0 Å². The standard InChI is InChI=1S/C24H32ClN5O5/c1-16-20(22(32)34-15-19(31)17-7-5-6-8-18(17)25)21(26)30(27-16)14-11-28-9-12-29(13-10-28)23(33)35-24(2,3)4/h5-8H,9-15,26H2,1-4H3. The topological polar surface area (TPSA) is 120 Å². The fraction of sp³-hybridized carbons (Fsp3) is 0.500. The minimum Gasteiger partial charge on any atom is -0.454 e. The van der Waals surface area contributed by atoms with Gasteiger partial charge >= 0.3 is 12.1 Å². The molecule has 0 unspecified atom stereocenters. The largest absolute Gasteiger partial charge is 0.454 e. The van der Waals surface area contributed by atoms with Gasteiger partial charge in [0.1, 0.15) is 17.0 Å². The van der Waals surface area contributed by atoms with Crippen LogP contribution in [0.4, 0.5) is 10.6 Å². The summed E-state index contributed by atoms with van der Waals surface area (Å²) in [5.41, 5.74) is 6.52. The first-order valence-electron chi connectivity index (χ1n) is 11.4. The first-order valence-corrected chi connectivity index (χ1v) is 11.8. The summed E-state index contributed by atoms with van der Waals surface area (Å²) < 4.78 is 12.2. The second-order valence-corrected chi connectivity index (χ2v) is 9.76. The lowest BCUT2D eigenvalue weighted by molar-refractivity contribution is 0.0142. The third-order valence-corrected chi connectivity index (χ3v) is 5.86. The van der Waals surface area contributed by atoms with Crippen LogP contribution in [0.15, 0.2) is 24.3 Å². The number of nitrogens with two attached hydrogens (primary N) is 1. The monoisotopic (exact) mass is 505 g/mol. The minimum atomic E-state index is -0.711. The molecule has 11 heteroatoms. The Morgan fingerprint density at radius 1 is 1.09 bits per heavy atom. The molecule has 1 aromatic carbocycles. The molecule has 0 saturated carbocycles. The van der Waals surface area contributed by atoms with E-state index < -0.39 is 24.0 Å². The number of Topliss-reactive ketones (excluding diaryl/α,β-unsaturated/α-hetero) is 1. The van der Waals surface area contributed by atoms with Gasteiger partial charge in [0.25, 0.3) is 0 Å². The van der Waals surface area contributed by atoms with Crippen molar-refractivity contribution in [1.82, 2.24) is 19.6 Å². The van der Waals surface area contributed by atoms with Crippen LogP contribution in [0.5, 0.6) is 0 Å². The zero-order valence-corrected chi connectivity index (χ0v) is 21.3. The predicted molar refractivity (Wildman–Crippen MR) is 132 cm³/mol. The fourth-order valence-electron chi connectivity index (χ4n) is 3.71. The molecular weight excluding hydrogens is 474 g/mol. The molecule has 0 spiro atoms. The first kappa shape index (κ1) is 26.5. The lowest BCUT2D eigenvalue weighted by Crippen LogP contribution is -2.50. The van der Waals surface area contributed by atoms with Gasteiger partial charge in [-0.2, -0.15) is 5.10 Å². The van der Waals surface area contributed by atoms with Crippen LogP contribution in [-0.4, -0.2) is 82.4 Å². The van der Waals surface area contributed by atoms with Gasteiger partial charge in [0.2, 0.25) is 5.78 Å². The molecule has 1 fully saturated rings. The Bertz CT molecular complexity index is 1090. The number of ketones is 1. The molecule has 1 aromatic heterocycles. The average Bonchev–Trinajstić information content (AvgIpc) is 3.08. The van der Waals surface area contributed by atoms with E-state index in [1.807, 2.05) is 20.8 Å². The number of nitrogens with zero attached hydrogens (tertiary/aromatic N) is 4. The van der Waals surface area contributed by atoms with Gasteiger partial charge < -0.3 is 20.1 Å². The van der Waals surface area contributed by atoms with E-state index in [9.17, 15) is 14.4 Å². The van der Waals surface area contributed by atoms with Gasteiger partial charge in [0, 0.05) is 38.3 Å². The molecule has 0 radical (unpaired) electrons. The van der Waals surface area contributed by atoms with Gasteiger partial charge in [-0.3, -0.25) is 9.69 Å². The summed E-state index contributed by atoms with van der Waals surface area (Å²) in [6, 6.07) is 6.57. The van der Waals surface area contributed by atoms with Crippen LogP contribution in [0, 0.1) is 6.92 Å². The Hall–Kier alpha value is -3.11. The Balaban J connectivity index is 1.51. The summed E-state index contributed by atoms with van der Waals surface area (Å²) >= 11 is 6.03. The quantitative estimate of drug-likeness (QED) is 0.450. The van der Waals surface area contributed by atoms with Gasteiger partial charge in [-0.1, -0.05) is 23.7 Å². The molecule has 1 aliphatic rings. The number of halogens is 1. The number of esters is 1. The normalized spacial score (nSPS) is 14.6. The summed E-state index contributed by atoms with van der Waals surface area (Å²) in [6.07, 6.45) is -0.305. The number of amides is 1. The first-order chi connectivity index (χ1) is 16.5. The molecule has 1 saturated heterocycles. The predicted octanol–water partition coefficient (Wildman–Crippen LogP) is 3.02.